The molecule has 0 aliphatic rings. The van der Waals surface area contributed by atoms with E-state index in [0.717, 1.165) is 0 Å². The number of carbonyl (C=O) groups excluding carboxylic acids is 1. The smallest absolute Gasteiger partial charge is 0.387 e. The zero-order valence-electron chi connectivity index (χ0n) is 11.5. The third kappa shape index (κ3) is 3.36. The first kappa shape index (κ1) is 15.0. The van der Waals surface area contributed by atoms with Crippen molar-refractivity contribution in [3.63, 3.8) is 0 Å². The highest BCUT2D eigenvalue weighted by Gasteiger charge is 2.19. The number of nitrogens with one attached hydrogen (secondary N) is 1. The first-order valence-corrected chi connectivity index (χ1v) is 6.30. The molecule has 0 aliphatic carbocycles. The number of benzene rings is 1. The Bertz CT molecular complexity index is 641. The molecule has 1 aromatic carbocycles. The van der Waals surface area contributed by atoms with Gasteiger partial charge in [-0.3, -0.25) is 0 Å². The highest BCUT2D eigenvalue weighted by molar-refractivity contribution is 5.89. The van der Waals surface area contributed by atoms with Gasteiger partial charge < -0.3 is 14.5 Å². The van der Waals surface area contributed by atoms with Gasteiger partial charge in [0, 0.05) is 5.69 Å². The summed E-state index contributed by atoms with van der Waals surface area (Å²) in [6, 6.07) is 6.22. The summed E-state index contributed by atoms with van der Waals surface area (Å²) in [5.41, 5.74) is 0.963. The van der Waals surface area contributed by atoms with E-state index in [1.807, 2.05) is 0 Å². The van der Waals surface area contributed by atoms with Gasteiger partial charge in [0.25, 0.3) is 0 Å². The fraction of sp³-hybridized carbons (Fsp3) is 0.286. The quantitative estimate of drug-likeness (QED) is 0.861. The van der Waals surface area contributed by atoms with Crippen LogP contribution in [-0.2, 0) is 4.74 Å². The van der Waals surface area contributed by atoms with Crippen molar-refractivity contribution in [3.8, 4) is 17.1 Å². The Kier molecular flexibility index (Phi) is 4.52. The molecule has 2 rings (SSSR count). The topological polar surface area (TPSA) is 64.2 Å². The molecule has 0 spiro atoms. The number of esters is 1. The first-order valence-electron chi connectivity index (χ1n) is 6.30. The van der Waals surface area contributed by atoms with E-state index in [1.54, 1.807) is 32.0 Å². The Balaban J connectivity index is 2.39. The van der Waals surface area contributed by atoms with Crippen LogP contribution in [0.25, 0.3) is 11.4 Å². The number of H-pyrrole nitrogens is 1. The maximum atomic E-state index is 12.4. The van der Waals surface area contributed by atoms with Crippen LogP contribution in [0, 0.1) is 6.92 Å². The van der Waals surface area contributed by atoms with Gasteiger partial charge in [-0.2, -0.15) is 8.78 Å². The number of ether oxygens (including phenoxy) is 2. The van der Waals surface area contributed by atoms with Gasteiger partial charge in [0.05, 0.1) is 12.2 Å². The van der Waals surface area contributed by atoms with Crippen LogP contribution in [0.4, 0.5) is 8.78 Å². The second-order valence-corrected chi connectivity index (χ2v) is 4.15. The van der Waals surface area contributed by atoms with Gasteiger partial charge in [0.2, 0.25) is 0 Å². The van der Waals surface area contributed by atoms with E-state index in [2.05, 4.69) is 14.7 Å². The summed E-state index contributed by atoms with van der Waals surface area (Å²) in [5, 5.41) is 0. The number of halogens is 2. The molecule has 0 saturated carbocycles. The summed E-state index contributed by atoms with van der Waals surface area (Å²) in [7, 11) is 0. The fourth-order valence-electron chi connectivity index (χ4n) is 1.85. The molecule has 0 fully saturated rings. The zero-order valence-corrected chi connectivity index (χ0v) is 11.5. The van der Waals surface area contributed by atoms with Gasteiger partial charge >= 0.3 is 12.6 Å². The van der Waals surface area contributed by atoms with Gasteiger partial charge in [-0.25, -0.2) is 9.78 Å². The van der Waals surface area contributed by atoms with Gasteiger partial charge in [-0.05, 0) is 26.0 Å². The molecule has 112 valence electrons. The number of aryl methyl sites for hydroxylation is 1. The van der Waals surface area contributed by atoms with E-state index in [1.165, 1.54) is 6.07 Å². The Morgan fingerprint density at radius 3 is 2.76 bits per heavy atom. The predicted octanol–water partition coefficient (Wildman–Crippen LogP) is 3.16. The van der Waals surface area contributed by atoms with Crippen molar-refractivity contribution in [2.75, 3.05) is 6.61 Å². The van der Waals surface area contributed by atoms with Crippen LogP contribution >= 0.6 is 0 Å². The minimum absolute atomic E-state index is 0.0170. The molecule has 7 heteroatoms. The van der Waals surface area contributed by atoms with Crippen molar-refractivity contribution < 1.29 is 23.0 Å². The van der Waals surface area contributed by atoms with E-state index in [4.69, 9.17) is 4.74 Å². The monoisotopic (exact) mass is 296 g/mol. The lowest BCUT2D eigenvalue weighted by atomic mass is 10.2. The van der Waals surface area contributed by atoms with E-state index in [-0.39, 0.29) is 23.9 Å². The fourth-order valence-corrected chi connectivity index (χ4v) is 1.85. The van der Waals surface area contributed by atoms with Gasteiger partial charge in [0.15, 0.2) is 5.69 Å². The molecule has 0 aliphatic heterocycles. The summed E-state index contributed by atoms with van der Waals surface area (Å²) < 4.78 is 34.1. The number of aromatic nitrogens is 2. The summed E-state index contributed by atoms with van der Waals surface area (Å²) >= 11 is 0. The van der Waals surface area contributed by atoms with Gasteiger partial charge in [0.1, 0.15) is 11.6 Å². The van der Waals surface area contributed by atoms with Crippen LogP contribution in [0.5, 0.6) is 5.75 Å². The lowest BCUT2D eigenvalue weighted by Crippen LogP contribution is -2.06. The third-order valence-corrected chi connectivity index (χ3v) is 2.71. The molecule has 21 heavy (non-hydrogen) atoms. The van der Waals surface area contributed by atoms with Gasteiger partial charge in [-0.1, -0.05) is 12.1 Å². The number of hydrogen-bond donors (Lipinski definition) is 1. The molecule has 0 saturated heterocycles. The molecule has 1 heterocycles. The summed E-state index contributed by atoms with van der Waals surface area (Å²) in [6.45, 7) is 0.629. The second kappa shape index (κ2) is 6.34. The van der Waals surface area contributed by atoms with Crippen molar-refractivity contribution in [1.82, 2.24) is 9.97 Å². The minimum Gasteiger partial charge on any atom is -0.461 e. The van der Waals surface area contributed by atoms with Crippen LogP contribution in [0.2, 0.25) is 0 Å². The maximum Gasteiger partial charge on any atom is 0.387 e. The summed E-state index contributed by atoms with van der Waals surface area (Å²) in [4.78, 5) is 18.7. The Labute approximate surface area is 119 Å². The Hall–Kier alpha value is -2.44. The summed E-state index contributed by atoms with van der Waals surface area (Å²) in [5.74, 6) is -0.312. The number of aromatic amines is 1. The standard InChI is InChI=1S/C14H14F2N2O3/c1-3-20-13(19)11-8(2)17-12(18-11)9-6-4-5-7-10(9)21-14(15)16/h4-7,14H,3H2,1-2H3,(H,17,18). The third-order valence-electron chi connectivity index (χ3n) is 2.71. The highest BCUT2D eigenvalue weighted by Crippen LogP contribution is 2.29. The number of alkyl halides is 2. The predicted molar refractivity (Wildman–Crippen MR) is 71.3 cm³/mol. The lowest BCUT2D eigenvalue weighted by molar-refractivity contribution is -0.0494. The number of hydrogen-bond acceptors (Lipinski definition) is 4. The van der Waals surface area contributed by atoms with Crippen molar-refractivity contribution in [3.05, 3.63) is 35.7 Å². The molecule has 0 radical (unpaired) electrons. The average Bonchev–Trinajstić information content (AvgIpc) is 2.81. The molecule has 0 atom stereocenters. The SMILES string of the molecule is CCOC(=O)c1nc(-c2ccccc2OC(F)F)[nH]c1C. The number of nitrogens with zero attached hydrogens (tertiary/aromatic N) is 1. The molecule has 0 amide bonds. The van der Waals surface area contributed by atoms with Crippen molar-refractivity contribution in [2.24, 2.45) is 0 Å². The highest BCUT2D eigenvalue weighted by atomic mass is 19.3. The van der Waals surface area contributed by atoms with Crippen molar-refractivity contribution in [2.45, 2.75) is 20.5 Å². The molecular formula is C14H14F2N2O3. The number of rotatable bonds is 5. The zero-order chi connectivity index (χ0) is 15.4. The molecule has 0 bridgehead atoms. The first-order chi connectivity index (χ1) is 10.0. The van der Waals surface area contributed by atoms with Crippen LogP contribution in [0.3, 0.4) is 0 Å². The van der Waals surface area contributed by atoms with E-state index < -0.39 is 12.6 Å². The number of para-hydroxylation sites is 1. The van der Waals surface area contributed by atoms with Crippen molar-refractivity contribution >= 4 is 5.97 Å². The van der Waals surface area contributed by atoms with Crippen LogP contribution in [0.15, 0.2) is 24.3 Å². The number of imidazole rings is 1. The molecular weight excluding hydrogens is 282 g/mol. The Morgan fingerprint density at radius 2 is 2.10 bits per heavy atom. The second-order valence-electron chi connectivity index (χ2n) is 4.15. The van der Waals surface area contributed by atoms with E-state index in [9.17, 15) is 13.6 Å². The van der Waals surface area contributed by atoms with Gasteiger partial charge in [-0.15, -0.1) is 0 Å². The average molecular weight is 296 g/mol. The lowest BCUT2D eigenvalue weighted by Gasteiger charge is -2.08. The number of carbonyl (C=O) groups is 1. The molecule has 0 unspecified atom stereocenters. The molecule has 5 nitrogen and oxygen atoms in total. The van der Waals surface area contributed by atoms with Crippen LogP contribution in [0.1, 0.15) is 23.1 Å². The van der Waals surface area contributed by atoms with Crippen LogP contribution in [-0.4, -0.2) is 29.2 Å². The van der Waals surface area contributed by atoms with Crippen LogP contribution < -0.4 is 4.74 Å². The van der Waals surface area contributed by atoms with E-state index >= 15 is 0 Å². The molecule has 1 aromatic heterocycles. The largest absolute Gasteiger partial charge is 0.461 e. The minimum atomic E-state index is -2.94. The molecule has 1 N–H and O–H groups in total. The van der Waals surface area contributed by atoms with Crippen molar-refractivity contribution in [1.29, 1.82) is 0 Å². The Morgan fingerprint density at radius 1 is 1.38 bits per heavy atom. The molecule has 2 aromatic rings. The maximum absolute atomic E-state index is 12.4. The normalized spacial score (nSPS) is 10.7. The van der Waals surface area contributed by atoms with E-state index in [0.29, 0.717) is 11.3 Å². The summed E-state index contributed by atoms with van der Waals surface area (Å²) in [6.07, 6.45) is 0.